The standard InChI is InChI=1S/C17H17ClFN3OS/c1-3-15(23)22(10-11-9-20-21(2)17(11)18)14-7-8-24-16-12(14)5-4-6-13(16)19/h3-6,9,14H,1,7-8,10H2,2H3. The number of rotatable bonds is 4. The number of carbonyl (C=O) groups is 1. The third kappa shape index (κ3) is 3.08. The van der Waals surface area contributed by atoms with Crippen molar-refractivity contribution in [2.45, 2.75) is 23.9 Å². The lowest BCUT2D eigenvalue weighted by atomic mass is 10.0. The van der Waals surface area contributed by atoms with Crippen molar-refractivity contribution in [3.8, 4) is 0 Å². The topological polar surface area (TPSA) is 38.1 Å². The Labute approximate surface area is 149 Å². The summed E-state index contributed by atoms with van der Waals surface area (Å²) in [5, 5.41) is 4.60. The molecule has 7 heteroatoms. The van der Waals surface area contributed by atoms with Crippen molar-refractivity contribution in [1.29, 1.82) is 0 Å². The third-order valence-electron chi connectivity index (χ3n) is 4.10. The van der Waals surface area contributed by atoms with Crippen LogP contribution in [0.2, 0.25) is 5.15 Å². The molecule has 126 valence electrons. The van der Waals surface area contributed by atoms with E-state index in [2.05, 4.69) is 11.7 Å². The van der Waals surface area contributed by atoms with Crippen LogP contribution in [0, 0.1) is 5.82 Å². The number of amides is 1. The first-order chi connectivity index (χ1) is 11.5. The van der Waals surface area contributed by atoms with E-state index in [4.69, 9.17) is 11.6 Å². The molecule has 2 heterocycles. The summed E-state index contributed by atoms with van der Waals surface area (Å²) in [4.78, 5) is 14.8. The van der Waals surface area contributed by atoms with Crippen molar-refractivity contribution < 1.29 is 9.18 Å². The van der Waals surface area contributed by atoms with Crippen LogP contribution in [-0.4, -0.2) is 26.3 Å². The molecule has 24 heavy (non-hydrogen) atoms. The highest BCUT2D eigenvalue weighted by atomic mass is 35.5. The maximum atomic E-state index is 14.1. The van der Waals surface area contributed by atoms with E-state index in [1.165, 1.54) is 23.9 Å². The van der Waals surface area contributed by atoms with Crippen LogP contribution in [0.3, 0.4) is 0 Å². The zero-order valence-electron chi connectivity index (χ0n) is 13.2. The Hall–Kier alpha value is -1.79. The molecule has 0 saturated carbocycles. The van der Waals surface area contributed by atoms with Gasteiger partial charge < -0.3 is 4.90 Å². The lowest BCUT2D eigenvalue weighted by Gasteiger charge is -2.35. The Morgan fingerprint density at radius 1 is 1.62 bits per heavy atom. The van der Waals surface area contributed by atoms with E-state index >= 15 is 0 Å². The Morgan fingerprint density at radius 3 is 3.08 bits per heavy atom. The predicted octanol–water partition coefficient (Wildman–Crippen LogP) is 3.96. The lowest BCUT2D eigenvalue weighted by Crippen LogP contribution is -2.35. The van der Waals surface area contributed by atoms with Gasteiger partial charge in [-0.3, -0.25) is 9.48 Å². The largest absolute Gasteiger partial charge is 0.328 e. The molecule has 0 aliphatic carbocycles. The molecule has 0 spiro atoms. The summed E-state index contributed by atoms with van der Waals surface area (Å²) in [5.41, 5.74) is 1.59. The van der Waals surface area contributed by atoms with Crippen LogP contribution in [0.15, 0.2) is 41.9 Å². The summed E-state index contributed by atoms with van der Waals surface area (Å²) in [6, 6.07) is 4.80. The van der Waals surface area contributed by atoms with E-state index in [1.54, 1.807) is 28.9 Å². The number of aryl methyl sites for hydroxylation is 1. The number of hydrogen-bond acceptors (Lipinski definition) is 3. The van der Waals surface area contributed by atoms with E-state index in [-0.39, 0.29) is 17.8 Å². The molecule has 0 bridgehead atoms. The second-order valence-electron chi connectivity index (χ2n) is 5.57. The van der Waals surface area contributed by atoms with E-state index in [1.807, 2.05) is 6.07 Å². The minimum atomic E-state index is -0.243. The molecule has 4 nitrogen and oxygen atoms in total. The minimum absolute atomic E-state index is 0.206. The number of carbonyl (C=O) groups excluding carboxylic acids is 1. The first-order valence-corrected chi connectivity index (χ1v) is 8.90. The van der Waals surface area contributed by atoms with Crippen molar-refractivity contribution in [3.05, 3.63) is 59.1 Å². The number of fused-ring (bicyclic) bond motifs is 1. The van der Waals surface area contributed by atoms with E-state index in [9.17, 15) is 9.18 Å². The summed E-state index contributed by atoms with van der Waals surface area (Å²) in [5.74, 6) is 0.301. The highest BCUT2D eigenvalue weighted by Gasteiger charge is 2.30. The van der Waals surface area contributed by atoms with Gasteiger partial charge >= 0.3 is 0 Å². The van der Waals surface area contributed by atoms with Gasteiger partial charge in [0.25, 0.3) is 0 Å². The number of hydrogen-bond donors (Lipinski definition) is 0. The van der Waals surface area contributed by atoms with E-state index in [0.717, 1.165) is 23.3 Å². The summed E-state index contributed by atoms with van der Waals surface area (Å²) < 4.78 is 15.7. The van der Waals surface area contributed by atoms with E-state index in [0.29, 0.717) is 16.6 Å². The van der Waals surface area contributed by atoms with Crippen molar-refractivity contribution in [2.75, 3.05) is 5.75 Å². The van der Waals surface area contributed by atoms with Gasteiger partial charge in [0.2, 0.25) is 5.91 Å². The number of nitrogens with zero attached hydrogens (tertiary/aromatic N) is 3. The van der Waals surface area contributed by atoms with Crippen molar-refractivity contribution in [1.82, 2.24) is 14.7 Å². The fourth-order valence-corrected chi connectivity index (χ4v) is 4.18. The average Bonchev–Trinajstić information content (AvgIpc) is 2.91. The van der Waals surface area contributed by atoms with Gasteiger partial charge in [-0.15, -0.1) is 11.8 Å². The molecule has 0 radical (unpaired) electrons. The molecular weight excluding hydrogens is 349 g/mol. The molecule has 1 amide bonds. The normalized spacial score (nSPS) is 16.5. The Morgan fingerprint density at radius 2 is 2.42 bits per heavy atom. The second-order valence-corrected chi connectivity index (χ2v) is 7.03. The Kier molecular flexibility index (Phi) is 4.96. The SMILES string of the molecule is C=CC(=O)N(Cc1cnn(C)c1Cl)C1CCSc2c(F)cccc21. The van der Waals surface area contributed by atoms with Gasteiger partial charge in [-0.05, 0) is 24.1 Å². The zero-order chi connectivity index (χ0) is 17.3. The lowest BCUT2D eigenvalue weighted by molar-refractivity contribution is -0.129. The molecule has 3 rings (SSSR count). The summed E-state index contributed by atoms with van der Waals surface area (Å²) in [7, 11) is 1.74. The van der Waals surface area contributed by atoms with Crippen LogP contribution >= 0.6 is 23.4 Å². The average molecular weight is 366 g/mol. The molecule has 0 saturated heterocycles. The first kappa shape index (κ1) is 17.0. The van der Waals surface area contributed by atoms with Gasteiger partial charge in [0.05, 0.1) is 18.8 Å². The maximum Gasteiger partial charge on any atom is 0.246 e. The van der Waals surface area contributed by atoms with Gasteiger partial charge in [-0.1, -0.05) is 30.3 Å². The molecule has 1 atom stereocenters. The van der Waals surface area contributed by atoms with Crippen LogP contribution < -0.4 is 0 Å². The molecule has 0 fully saturated rings. The third-order valence-corrected chi connectivity index (χ3v) is 5.75. The smallest absolute Gasteiger partial charge is 0.246 e. The minimum Gasteiger partial charge on any atom is -0.328 e. The summed E-state index contributed by atoms with van der Waals surface area (Å²) >= 11 is 7.73. The molecule has 1 aliphatic heterocycles. The van der Waals surface area contributed by atoms with Gasteiger partial charge in [0, 0.05) is 23.3 Å². The predicted molar refractivity (Wildman–Crippen MR) is 93.4 cm³/mol. The number of thioether (sulfide) groups is 1. The fraction of sp³-hybridized carbons (Fsp3) is 0.294. The Balaban J connectivity index is 1.99. The Bertz CT molecular complexity index is 792. The highest BCUT2D eigenvalue weighted by molar-refractivity contribution is 7.99. The molecular formula is C17H17ClFN3OS. The molecule has 1 unspecified atom stereocenters. The molecule has 2 aromatic rings. The van der Waals surface area contributed by atoms with Crippen LogP contribution in [0.25, 0.3) is 0 Å². The number of aromatic nitrogens is 2. The highest BCUT2D eigenvalue weighted by Crippen LogP contribution is 2.41. The van der Waals surface area contributed by atoms with Crippen molar-refractivity contribution in [2.24, 2.45) is 7.05 Å². The van der Waals surface area contributed by atoms with E-state index < -0.39 is 0 Å². The van der Waals surface area contributed by atoms with Crippen LogP contribution in [0.4, 0.5) is 4.39 Å². The fourth-order valence-electron chi connectivity index (χ4n) is 2.91. The van der Waals surface area contributed by atoms with Gasteiger partial charge in [-0.2, -0.15) is 5.10 Å². The molecule has 0 N–H and O–H groups in total. The first-order valence-electron chi connectivity index (χ1n) is 7.53. The van der Waals surface area contributed by atoms with Crippen LogP contribution in [-0.2, 0) is 18.4 Å². The van der Waals surface area contributed by atoms with Crippen LogP contribution in [0.1, 0.15) is 23.6 Å². The number of halogens is 2. The second kappa shape index (κ2) is 6.99. The van der Waals surface area contributed by atoms with Crippen molar-refractivity contribution in [3.63, 3.8) is 0 Å². The molecule has 1 aromatic heterocycles. The quantitative estimate of drug-likeness (QED) is 0.769. The van der Waals surface area contributed by atoms with Crippen molar-refractivity contribution >= 4 is 29.3 Å². The monoisotopic (exact) mass is 365 g/mol. The number of benzene rings is 1. The zero-order valence-corrected chi connectivity index (χ0v) is 14.8. The van der Waals surface area contributed by atoms with Crippen LogP contribution in [0.5, 0.6) is 0 Å². The summed E-state index contributed by atoms with van der Waals surface area (Å²) in [6.45, 7) is 3.90. The molecule has 1 aromatic carbocycles. The summed E-state index contributed by atoms with van der Waals surface area (Å²) in [6.07, 6.45) is 3.68. The maximum absolute atomic E-state index is 14.1. The molecule has 1 aliphatic rings. The van der Waals surface area contributed by atoms with Gasteiger partial charge in [-0.25, -0.2) is 4.39 Å². The van der Waals surface area contributed by atoms with Gasteiger partial charge in [0.15, 0.2) is 0 Å². The van der Waals surface area contributed by atoms with Gasteiger partial charge in [0.1, 0.15) is 11.0 Å².